The Bertz CT molecular complexity index is 410. The molecule has 0 aliphatic carbocycles. The lowest BCUT2D eigenvalue weighted by Gasteiger charge is -2.26. The lowest BCUT2D eigenvalue weighted by Crippen LogP contribution is -2.41. The molecular formula is C17H29NO6. The molecule has 0 bridgehead atoms. The van der Waals surface area contributed by atoms with Crippen LogP contribution in [0.25, 0.3) is 0 Å². The molecule has 138 valence electrons. The minimum atomic E-state index is -0.884. The SMILES string of the molecule is C=C(C)C(=O)OCC(O)CN(CCC)CC(O)COC(=O)C(=C)C. The first-order valence-electron chi connectivity index (χ1n) is 7.91. The van der Waals surface area contributed by atoms with Crippen molar-refractivity contribution in [2.75, 3.05) is 32.8 Å². The third-order valence-electron chi connectivity index (χ3n) is 2.99. The summed E-state index contributed by atoms with van der Waals surface area (Å²) in [6.07, 6.45) is -0.952. The van der Waals surface area contributed by atoms with Crippen LogP contribution in [-0.4, -0.2) is 72.1 Å². The van der Waals surface area contributed by atoms with E-state index in [9.17, 15) is 19.8 Å². The summed E-state index contributed by atoms with van der Waals surface area (Å²) in [4.78, 5) is 24.4. The van der Waals surface area contributed by atoms with Gasteiger partial charge in [-0.25, -0.2) is 9.59 Å². The van der Waals surface area contributed by atoms with E-state index in [4.69, 9.17) is 9.47 Å². The van der Waals surface area contributed by atoms with Gasteiger partial charge in [-0.3, -0.25) is 4.90 Å². The molecule has 0 spiro atoms. The zero-order valence-corrected chi connectivity index (χ0v) is 14.8. The molecule has 0 amide bonds. The molecule has 2 unspecified atom stereocenters. The predicted octanol–water partition coefficient (Wildman–Crippen LogP) is 0.659. The summed E-state index contributed by atoms with van der Waals surface area (Å²) in [5, 5.41) is 19.9. The maximum atomic E-state index is 11.3. The van der Waals surface area contributed by atoms with E-state index >= 15 is 0 Å². The number of rotatable bonds is 12. The molecule has 2 atom stereocenters. The van der Waals surface area contributed by atoms with Gasteiger partial charge in [0.2, 0.25) is 0 Å². The van der Waals surface area contributed by atoms with Crippen molar-refractivity contribution in [2.45, 2.75) is 39.4 Å². The van der Waals surface area contributed by atoms with Crippen LogP contribution < -0.4 is 0 Å². The maximum absolute atomic E-state index is 11.3. The van der Waals surface area contributed by atoms with Crippen LogP contribution >= 0.6 is 0 Å². The Balaban J connectivity index is 4.32. The monoisotopic (exact) mass is 343 g/mol. The lowest BCUT2D eigenvalue weighted by atomic mass is 10.2. The van der Waals surface area contributed by atoms with Crippen molar-refractivity contribution < 1.29 is 29.3 Å². The van der Waals surface area contributed by atoms with Gasteiger partial charge in [0.15, 0.2) is 0 Å². The summed E-state index contributed by atoms with van der Waals surface area (Å²) in [5.41, 5.74) is 0.532. The Morgan fingerprint density at radius 2 is 1.33 bits per heavy atom. The van der Waals surface area contributed by atoms with Gasteiger partial charge < -0.3 is 19.7 Å². The molecule has 24 heavy (non-hydrogen) atoms. The van der Waals surface area contributed by atoms with Gasteiger partial charge in [0, 0.05) is 24.2 Å². The molecule has 7 heteroatoms. The van der Waals surface area contributed by atoms with E-state index in [0.29, 0.717) is 6.54 Å². The highest BCUT2D eigenvalue weighted by atomic mass is 16.5. The molecule has 0 aliphatic rings. The topological polar surface area (TPSA) is 96.3 Å². The van der Waals surface area contributed by atoms with E-state index in [1.807, 2.05) is 11.8 Å². The van der Waals surface area contributed by atoms with Gasteiger partial charge in [-0.05, 0) is 26.8 Å². The average molecular weight is 343 g/mol. The summed E-state index contributed by atoms with van der Waals surface area (Å²) in [5.74, 6) is -1.11. The molecule has 0 aromatic rings. The van der Waals surface area contributed by atoms with Crippen molar-refractivity contribution in [3.05, 3.63) is 24.3 Å². The minimum Gasteiger partial charge on any atom is -0.460 e. The molecule has 0 fully saturated rings. The molecule has 0 heterocycles. The van der Waals surface area contributed by atoms with Gasteiger partial charge in [0.05, 0.1) is 0 Å². The van der Waals surface area contributed by atoms with Crippen molar-refractivity contribution >= 4 is 11.9 Å². The normalized spacial score (nSPS) is 13.2. The highest BCUT2D eigenvalue weighted by molar-refractivity contribution is 5.87. The molecule has 2 N–H and O–H groups in total. The van der Waals surface area contributed by atoms with Gasteiger partial charge in [-0.15, -0.1) is 0 Å². The fraction of sp³-hybridized carbons (Fsp3) is 0.647. The molecule has 7 nitrogen and oxygen atoms in total. The molecule has 0 aromatic heterocycles. The third-order valence-corrected chi connectivity index (χ3v) is 2.99. The van der Waals surface area contributed by atoms with Crippen molar-refractivity contribution in [3.8, 4) is 0 Å². The molecule has 0 rings (SSSR count). The first-order chi connectivity index (χ1) is 11.2. The Hall–Kier alpha value is -1.70. The van der Waals surface area contributed by atoms with Crippen LogP contribution in [0.3, 0.4) is 0 Å². The van der Waals surface area contributed by atoms with E-state index < -0.39 is 24.1 Å². The molecular weight excluding hydrogens is 314 g/mol. The average Bonchev–Trinajstić information content (AvgIpc) is 2.50. The van der Waals surface area contributed by atoms with Gasteiger partial charge >= 0.3 is 11.9 Å². The summed E-state index contributed by atoms with van der Waals surface area (Å²) in [6.45, 7) is 12.7. The Kier molecular flexibility index (Phi) is 10.9. The number of carbonyl (C=O) groups is 2. The van der Waals surface area contributed by atoms with E-state index in [0.717, 1.165) is 6.42 Å². The summed E-state index contributed by atoms with van der Waals surface area (Å²) >= 11 is 0. The first-order valence-corrected chi connectivity index (χ1v) is 7.91. The zero-order valence-electron chi connectivity index (χ0n) is 14.8. The van der Waals surface area contributed by atoms with Crippen LogP contribution in [0.15, 0.2) is 24.3 Å². The Labute approximate surface area is 143 Å². The Morgan fingerprint density at radius 3 is 1.62 bits per heavy atom. The second kappa shape index (κ2) is 11.8. The van der Waals surface area contributed by atoms with Crippen LogP contribution in [0.4, 0.5) is 0 Å². The fourth-order valence-corrected chi connectivity index (χ4v) is 1.86. The number of hydrogen-bond acceptors (Lipinski definition) is 7. The fourth-order valence-electron chi connectivity index (χ4n) is 1.86. The van der Waals surface area contributed by atoms with E-state index in [1.165, 1.54) is 13.8 Å². The first kappa shape index (κ1) is 22.3. The number of aliphatic hydroxyl groups is 2. The quantitative estimate of drug-likeness (QED) is 0.397. The van der Waals surface area contributed by atoms with Crippen LogP contribution in [0.5, 0.6) is 0 Å². The lowest BCUT2D eigenvalue weighted by molar-refractivity contribution is -0.142. The molecule has 0 aliphatic heterocycles. The van der Waals surface area contributed by atoms with E-state index in [1.54, 1.807) is 0 Å². The second-order valence-electron chi connectivity index (χ2n) is 5.82. The minimum absolute atomic E-state index is 0.146. The van der Waals surface area contributed by atoms with Crippen LogP contribution in [0, 0.1) is 0 Å². The number of nitrogens with zero attached hydrogens (tertiary/aromatic N) is 1. The highest BCUT2D eigenvalue weighted by Gasteiger charge is 2.18. The Morgan fingerprint density at radius 1 is 0.958 bits per heavy atom. The zero-order chi connectivity index (χ0) is 18.7. The van der Waals surface area contributed by atoms with Crippen molar-refractivity contribution in [2.24, 2.45) is 0 Å². The largest absolute Gasteiger partial charge is 0.460 e. The van der Waals surface area contributed by atoms with Gasteiger partial charge in [0.25, 0.3) is 0 Å². The van der Waals surface area contributed by atoms with E-state index in [-0.39, 0.29) is 37.4 Å². The number of ether oxygens (including phenoxy) is 2. The smallest absolute Gasteiger partial charge is 0.333 e. The molecule has 0 aromatic carbocycles. The van der Waals surface area contributed by atoms with Crippen molar-refractivity contribution in [1.82, 2.24) is 4.90 Å². The van der Waals surface area contributed by atoms with Crippen molar-refractivity contribution in [3.63, 3.8) is 0 Å². The maximum Gasteiger partial charge on any atom is 0.333 e. The van der Waals surface area contributed by atoms with E-state index in [2.05, 4.69) is 13.2 Å². The van der Waals surface area contributed by atoms with Crippen molar-refractivity contribution in [1.29, 1.82) is 0 Å². The number of carbonyl (C=O) groups excluding carboxylic acids is 2. The predicted molar refractivity (Wildman–Crippen MR) is 90.3 cm³/mol. The molecule has 0 saturated heterocycles. The van der Waals surface area contributed by atoms with Gasteiger partial charge in [-0.2, -0.15) is 0 Å². The summed E-state index contributed by atoms with van der Waals surface area (Å²) in [6, 6.07) is 0. The van der Waals surface area contributed by atoms with Crippen LogP contribution in [0.1, 0.15) is 27.2 Å². The van der Waals surface area contributed by atoms with Crippen LogP contribution in [-0.2, 0) is 19.1 Å². The standard InChI is InChI=1S/C17H29NO6/c1-6-7-18(8-14(19)10-23-16(21)12(2)3)9-15(20)11-24-17(22)13(4)5/h14-15,19-20H,2,4,6-11H2,1,3,5H3. The molecule has 0 saturated carbocycles. The number of esters is 2. The third kappa shape index (κ3) is 10.1. The number of aliphatic hydroxyl groups excluding tert-OH is 2. The van der Waals surface area contributed by atoms with Gasteiger partial charge in [0.1, 0.15) is 25.4 Å². The second-order valence-corrected chi connectivity index (χ2v) is 5.82. The molecule has 0 radical (unpaired) electrons. The van der Waals surface area contributed by atoms with Crippen LogP contribution in [0.2, 0.25) is 0 Å². The summed E-state index contributed by atoms with van der Waals surface area (Å²) in [7, 11) is 0. The summed E-state index contributed by atoms with van der Waals surface area (Å²) < 4.78 is 9.80. The van der Waals surface area contributed by atoms with Gasteiger partial charge in [-0.1, -0.05) is 20.1 Å². The number of hydrogen-bond donors (Lipinski definition) is 2. The highest BCUT2D eigenvalue weighted by Crippen LogP contribution is 2.02.